The molecule has 0 bridgehead atoms. The van der Waals surface area contributed by atoms with Crippen molar-refractivity contribution in [2.75, 3.05) is 5.32 Å². The fourth-order valence-corrected chi connectivity index (χ4v) is 0.974. The van der Waals surface area contributed by atoms with Gasteiger partial charge in [-0.2, -0.15) is 0 Å². The van der Waals surface area contributed by atoms with Gasteiger partial charge in [-0.25, -0.2) is 4.99 Å². The molecule has 1 aromatic heterocycles. The van der Waals surface area contributed by atoms with Crippen molar-refractivity contribution in [3.05, 3.63) is 17.8 Å². The molecule has 0 aliphatic carbocycles. The highest BCUT2D eigenvalue weighted by atomic mass is 16.3. The van der Waals surface area contributed by atoms with E-state index >= 15 is 0 Å². The van der Waals surface area contributed by atoms with Gasteiger partial charge in [0.1, 0.15) is 5.82 Å². The van der Waals surface area contributed by atoms with E-state index in [1.807, 2.05) is 0 Å². The zero-order chi connectivity index (χ0) is 6.97. The lowest BCUT2D eigenvalue weighted by Crippen LogP contribution is -2.08. The largest absolute Gasteiger partial charge is 0.368 e. The van der Waals surface area contributed by atoms with Crippen LogP contribution >= 0.6 is 0 Å². The minimum atomic E-state index is -0.706. The molecule has 52 valence electrons. The number of fused-ring (bicyclic) bond motifs is 1. The first-order valence-electron chi connectivity index (χ1n) is 3.01. The fourth-order valence-electron chi connectivity index (χ4n) is 0.974. The maximum atomic E-state index is 9.19. The Morgan fingerprint density at radius 2 is 2.50 bits per heavy atom. The standard InChI is InChI=1S/C6H7N3O/c10-6-4-1-2-7-5(4)8-3-9-6/h1-3,6-7,10H,(H,8,9). The van der Waals surface area contributed by atoms with Crippen molar-refractivity contribution in [3.63, 3.8) is 0 Å². The monoisotopic (exact) mass is 137 g/mol. The Kier molecular flexibility index (Phi) is 1.01. The van der Waals surface area contributed by atoms with Crippen molar-refractivity contribution in [2.24, 2.45) is 4.99 Å². The summed E-state index contributed by atoms with van der Waals surface area (Å²) in [5, 5.41) is 12.1. The zero-order valence-electron chi connectivity index (χ0n) is 5.20. The van der Waals surface area contributed by atoms with E-state index in [2.05, 4.69) is 15.3 Å². The van der Waals surface area contributed by atoms with Crippen LogP contribution in [0, 0.1) is 0 Å². The molecular weight excluding hydrogens is 130 g/mol. The molecule has 1 atom stereocenters. The van der Waals surface area contributed by atoms with Gasteiger partial charge in [-0.05, 0) is 6.07 Å². The SMILES string of the molecule is OC1N=CNc2[nH]ccc21. The van der Waals surface area contributed by atoms with Crippen molar-refractivity contribution in [1.29, 1.82) is 0 Å². The minimum Gasteiger partial charge on any atom is -0.368 e. The second kappa shape index (κ2) is 1.85. The van der Waals surface area contributed by atoms with Crippen molar-refractivity contribution >= 4 is 12.2 Å². The van der Waals surface area contributed by atoms with E-state index in [1.54, 1.807) is 12.3 Å². The van der Waals surface area contributed by atoms with Crippen LogP contribution < -0.4 is 5.32 Å². The summed E-state index contributed by atoms with van der Waals surface area (Å²) in [6, 6.07) is 1.80. The molecule has 4 heteroatoms. The highest BCUT2D eigenvalue weighted by Gasteiger charge is 2.13. The Morgan fingerprint density at radius 3 is 3.30 bits per heavy atom. The Labute approximate surface area is 57.6 Å². The van der Waals surface area contributed by atoms with Crippen LogP contribution in [0.4, 0.5) is 5.82 Å². The number of H-pyrrole nitrogens is 1. The number of hydrogen-bond donors (Lipinski definition) is 3. The van der Waals surface area contributed by atoms with E-state index in [4.69, 9.17) is 0 Å². The first kappa shape index (κ1) is 5.49. The van der Waals surface area contributed by atoms with E-state index < -0.39 is 6.23 Å². The predicted octanol–water partition coefficient (Wildman–Crippen LogP) is 0.459. The second-order valence-electron chi connectivity index (χ2n) is 2.10. The quantitative estimate of drug-likeness (QED) is 0.486. The van der Waals surface area contributed by atoms with Gasteiger partial charge in [0.2, 0.25) is 0 Å². The molecule has 0 saturated heterocycles. The molecule has 0 spiro atoms. The second-order valence-corrected chi connectivity index (χ2v) is 2.10. The summed E-state index contributed by atoms with van der Waals surface area (Å²) < 4.78 is 0. The molecule has 1 unspecified atom stereocenters. The normalized spacial score (nSPS) is 21.9. The summed E-state index contributed by atoms with van der Waals surface area (Å²) in [5.41, 5.74) is 0.794. The number of aliphatic hydroxyl groups excluding tert-OH is 1. The minimum absolute atomic E-state index is 0.706. The summed E-state index contributed by atoms with van der Waals surface area (Å²) >= 11 is 0. The zero-order valence-corrected chi connectivity index (χ0v) is 5.20. The molecule has 0 radical (unpaired) electrons. The number of aliphatic imine (C=N–C) groups is 1. The van der Waals surface area contributed by atoms with Crippen LogP contribution in [0.1, 0.15) is 11.8 Å². The molecule has 1 aromatic rings. The van der Waals surface area contributed by atoms with Gasteiger partial charge in [0.15, 0.2) is 6.23 Å². The summed E-state index contributed by atoms with van der Waals surface area (Å²) in [6.45, 7) is 0. The molecule has 0 fully saturated rings. The number of hydrogen-bond acceptors (Lipinski definition) is 3. The van der Waals surface area contributed by atoms with Gasteiger partial charge in [0.05, 0.1) is 6.34 Å². The number of nitrogens with zero attached hydrogens (tertiary/aromatic N) is 1. The van der Waals surface area contributed by atoms with E-state index in [9.17, 15) is 5.11 Å². The molecule has 1 aliphatic rings. The average Bonchev–Trinajstić information content (AvgIpc) is 2.36. The van der Waals surface area contributed by atoms with E-state index in [0.29, 0.717) is 0 Å². The third-order valence-electron chi connectivity index (χ3n) is 1.48. The molecule has 0 saturated carbocycles. The van der Waals surface area contributed by atoms with Crippen LogP contribution in [0.25, 0.3) is 0 Å². The van der Waals surface area contributed by atoms with Crippen LogP contribution in [0.5, 0.6) is 0 Å². The third kappa shape index (κ3) is 0.625. The molecule has 0 amide bonds. The molecule has 4 nitrogen and oxygen atoms in total. The summed E-state index contributed by atoms with van der Waals surface area (Å²) in [6.07, 6.45) is 2.53. The van der Waals surface area contributed by atoms with Gasteiger partial charge in [0, 0.05) is 11.8 Å². The molecule has 1 aliphatic heterocycles. The van der Waals surface area contributed by atoms with Gasteiger partial charge in [-0.1, -0.05) is 0 Å². The van der Waals surface area contributed by atoms with E-state index in [0.717, 1.165) is 11.4 Å². The van der Waals surface area contributed by atoms with Crippen molar-refractivity contribution in [3.8, 4) is 0 Å². The lowest BCUT2D eigenvalue weighted by molar-refractivity contribution is 0.189. The van der Waals surface area contributed by atoms with Gasteiger partial charge < -0.3 is 15.4 Å². The summed E-state index contributed by atoms with van der Waals surface area (Å²) in [7, 11) is 0. The number of rotatable bonds is 0. The molecule has 3 N–H and O–H groups in total. The molecule has 10 heavy (non-hydrogen) atoms. The number of aromatic amines is 1. The lowest BCUT2D eigenvalue weighted by Gasteiger charge is -2.11. The van der Waals surface area contributed by atoms with Crippen LogP contribution in [-0.4, -0.2) is 16.4 Å². The first-order valence-corrected chi connectivity index (χ1v) is 3.01. The van der Waals surface area contributed by atoms with Crippen LogP contribution in [0.15, 0.2) is 17.3 Å². The number of anilines is 1. The fraction of sp³-hybridized carbons (Fsp3) is 0.167. The molecule has 2 heterocycles. The van der Waals surface area contributed by atoms with Crippen molar-refractivity contribution in [1.82, 2.24) is 4.98 Å². The Balaban J connectivity index is 2.48. The highest BCUT2D eigenvalue weighted by molar-refractivity contribution is 5.78. The summed E-state index contributed by atoms with van der Waals surface area (Å²) in [4.78, 5) is 6.67. The van der Waals surface area contributed by atoms with Crippen LogP contribution in [0.3, 0.4) is 0 Å². The molecular formula is C6H7N3O. The first-order chi connectivity index (χ1) is 4.88. The third-order valence-corrected chi connectivity index (χ3v) is 1.48. The average molecular weight is 137 g/mol. The van der Waals surface area contributed by atoms with Gasteiger partial charge >= 0.3 is 0 Å². The maximum Gasteiger partial charge on any atom is 0.176 e. The summed E-state index contributed by atoms with van der Waals surface area (Å²) in [5.74, 6) is 0.822. The molecule has 0 aromatic carbocycles. The Bertz CT molecular complexity index is 266. The lowest BCUT2D eigenvalue weighted by atomic mass is 10.2. The van der Waals surface area contributed by atoms with Gasteiger partial charge in [0.25, 0.3) is 0 Å². The van der Waals surface area contributed by atoms with E-state index in [1.165, 1.54) is 6.34 Å². The van der Waals surface area contributed by atoms with Crippen molar-refractivity contribution < 1.29 is 5.11 Å². The number of aliphatic hydroxyl groups is 1. The van der Waals surface area contributed by atoms with Crippen LogP contribution in [0.2, 0.25) is 0 Å². The number of aromatic nitrogens is 1. The van der Waals surface area contributed by atoms with Gasteiger partial charge in [-0.15, -0.1) is 0 Å². The van der Waals surface area contributed by atoms with E-state index in [-0.39, 0.29) is 0 Å². The topological polar surface area (TPSA) is 60.4 Å². The van der Waals surface area contributed by atoms with Gasteiger partial charge in [-0.3, -0.25) is 0 Å². The highest BCUT2D eigenvalue weighted by Crippen LogP contribution is 2.24. The Hall–Kier alpha value is -1.29. The Morgan fingerprint density at radius 1 is 1.60 bits per heavy atom. The maximum absolute atomic E-state index is 9.19. The van der Waals surface area contributed by atoms with Crippen molar-refractivity contribution in [2.45, 2.75) is 6.23 Å². The number of nitrogens with one attached hydrogen (secondary N) is 2. The smallest absolute Gasteiger partial charge is 0.176 e. The molecule has 2 rings (SSSR count). The predicted molar refractivity (Wildman–Crippen MR) is 37.9 cm³/mol. The van der Waals surface area contributed by atoms with Crippen LogP contribution in [-0.2, 0) is 0 Å².